The standard InChI is InChI=1S/C48H89NO5/c1-4-7-10-13-16-19-21-22-23-24-25-26-29-32-35-38-41-48(53)54-44(39-36-33-30-27-18-15-12-9-6-3)42-47(52)49-45(43-50)46(51)40-37-34-31-28-20-17-14-11-8-5-2/h7,10,16,19,22-23,44-46,50-51H,4-6,8-9,11-15,17-18,20-21,24-43H2,1-3H3,(H,49,52)/b10-7+,19-16+,23-22+. The Kier molecular flexibility index (Phi) is 40.7. The molecule has 3 atom stereocenters. The van der Waals surface area contributed by atoms with Gasteiger partial charge in [0.05, 0.1) is 25.2 Å². The summed E-state index contributed by atoms with van der Waals surface area (Å²) in [6.07, 6.45) is 47.8. The minimum atomic E-state index is -0.784. The van der Waals surface area contributed by atoms with Gasteiger partial charge in [-0.1, -0.05) is 198 Å². The third kappa shape index (κ3) is 37.0. The SMILES string of the molecule is CC/C=C/C/C=C/C/C=C/CCCCCCCCC(=O)OC(CCCCCCCCCCC)CC(=O)NC(CO)C(O)CCCCCCCCCCCC. The Balaban J connectivity index is 4.51. The van der Waals surface area contributed by atoms with Crippen LogP contribution in [0.25, 0.3) is 0 Å². The topological polar surface area (TPSA) is 95.9 Å². The number of amides is 1. The molecule has 0 bridgehead atoms. The van der Waals surface area contributed by atoms with Crippen molar-refractivity contribution in [2.24, 2.45) is 0 Å². The molecule has 54 heavy (non-hydrogen) atoms. The van der Waals surface area contributed by atoms with Crippen molar-refractivity contribution in [3.63, 3.8) is 0 Å². The fourth-order valence-electron chi connectivity index (χ4n) is 6.97. The van der Waals surface area contributed by atoms with Crippen molar-refractivity contribution in [3.05, 3.63) is 36.5 Å². The van der Waals surface area contributed by atoms with E-state index in [0.29, 0.717) is 19.3 Å². The van der Waals surface area contributed by atoms with Crippen molar-refractivity contribution >= 4 is 11.9 Å². The van der Waals surface area contributed by atoms with Crippen molar-refractivity contribution in [3.8, 4) is 0 Å². The number of ether oxygens (including phenoxy) is 1. The van der Waals surface area contributed by atoms with Crippen LogP contribution in [0.4, 0.5) is 0 Å². The highest BCUT2D eigenvalue weighted by atomic mass is 16.5. The smallest absolute Gasteiger partial charge is 0.306 e. The monoisotopic (exact) mass is 760 g/mol. The highest BCUT2D eigenvalue weighted by Gasteiger charge is 2.24. The molecule has 0 aliphatic heterocycles. The van der Waals surface area contributed by atoms with Crippen LogP contribution in [0.3, 0.4) is 0 Å². The number of allylic oxidation sites excluding steroid dienone is 6. The van der Waals surface area contributed by atoms with Crippen molar-refractivity contribution in [2.45, 2.75) is 251 Å². The first-order chi connectivity index (χ1) is 26.5. The van der Waals surface area contributed by atoms with Crippen molar-refractivity contribution in [1.82, 2.24) is 5.32 Å². The Morgan fingerprint density at radius 1 is 0.556 bits per heavy atom. The third-order valence-electron chi connectivity index (χ3n) is 10.5. The van der Waals surface area contributed by atoms with Gasteiger partial charge in [-0.3, -0.25) is 9.59 Å². The summed E-state index contributed by atoms with van der Waals surface area (Å²) in [4.78, 5) is 25.9. The molecule has 3 N–H and O–H groups in total. The Hall–Kier alpha value is -1.92. The minimum Gasteiger partial charge on any atom is -0.462 e. The molecule has 0 fully saturated rings. The number of aliphatic hydroxyl groups is 2. The first kappa shape index (κ1) is 52.1. The molecule has 0 aliphatic carbocycles. The van der Waals surface area contributed by atoms with Gasteiger partial charge < -0.3 is 20.3 Å². The van der Waals surface area contributed by atoms with E-state index >= 15 is 0 Å². The molecule has 0 rings (SSSR count). The van der Waals surface area contributed by atoms with Gasteiger partial charge in [-0.15, -0.1) is 0 Å². The summed E-state index contributed by atoms with van der Waals surface area (Å²) < 4.78 is 5.89. The molecule has 0 radical (unpaired) electrons. The van der Waals surface area contributed by atoms with E-state index in [9.17, 15) is 19.8 Å². The molecule has 6 heteroatoms. The highest BCUT2D eigenvalue weighted by Crippen LogP contribution is 2.17. The molecule has 0 aromatic rings. The van der Waals surface area contributed by atoms with Crippen LogP contribution < -0.4 is 5.32 Å². The van der Waals surface area contributed by atoms with Crippen molar-refractivity contribution < 1.29 is 24.5 Å². The maximum absolute atomic E-state index is 13.1. The second-order valence-electron chi connectivity index (χ2n) is 15.8. The summed E-state index contributed by atoms with van der Waals surface area (Å²) in [7, 11) is 0. The van der Waals surface area contributed by atoms with Gasteiger partial charge in [0.2, 0.25) is 5.91 Å². The number of esters is 1. The zero-order valence-corrected chi connectivity index (χ0v) is 35.9. The summed E-state index contributed by atoms with van der Waals surface area (Å²) >= 11 is 0. The van der Waals surface area contributed by atoms with E-state index in [2.05, 4.69) is 62.5 Å². The summed E-state index contributed by atoms with van der Waals surface area (Å²) in [5.74, 6) is -0.486. The molecule has 1 amide bonds. The molecule has 316 valence electrons. The lowest BCUT2D eigenvalue weighted by molar-refractivity contribution is -0.151. The predicted octanol–water partition coefficient (Wildman–Crippen LogP) is 13.3. The second kappa shape index (κ2) is 42.2. The average Bonchev–Trinajstić information content (AvgIpc) is 3.16. The second-order valence-corrected chi connectivity index (χ2v) is 15.8. The number of carbonyl (C=O) groups excluding carboxylic acids is 2. The lowest BCUT2D eigenvalue weighted by Crippen LogP contribution is -2.46. The molecule has 0 saturated carbocycles. The van der Waals surface area contributed by atoms with Crippen LogP contribution >= 0.6 is 0 Å². The van der Waals surface area contributed by atoms with Crippen molar-refractivity contribution in [1.29, 1.82) is 0 Å². The zero-order chi connectivity index (χ0) is 39.6. The number of rotatable bonds is 41. The van der Waals surface area contributed by atoms with Crippen LogP contribution in [0.15, 0.2) is 36.5 Å². The fourth-order valence-corrected chi connectivity index (χ4v) is 6.97. The molecule has 6 nitrogen and oxygen atoms in total. The van der Waals surface area contributed by atoms with Gasteiger partial charge in [0.1, 0.15) is 6.10 Å². The number of hydrogen-bond donors (Lipinski definition) is 3. The van der Waals surface area contributed by atoms with Crippen LogP contribution in [0, 0.1) is 0 Å². The van der Waals surface area contributed by atoms with E-state index in [-0.39, 0.29) is 24.9 Å². The number of hydrogen-bond acceptors (Lipinski definition) is 5. The molecule has 0 aliphatic rings. The van der Waals surface area contributed by atoms with Crippen molar-refractivity contribution in [2.75, 3.05) is 6.61 Å². The number of unbranched alkanes of at least 4 members (excludes halogenated alkanes) is 23. The van der Waals surface area contributed by atoms with E-state index in [0.717, 1.165) is 77.0 Å². The van der Waals surface area contributed by atoms with Gasteiger partial charge in [-0.25, -0.2) is 0 Å². The van der Waals surface area contributed by atoms with E-state index in [1.54, 1.807) is 0 Å². The van der Waals surface area contributed by atoms with E-state index in [1.807, 2.05) is 0 Å². The quantitative estimate of drug-likeness (QED) is 0.0328. The van der Waals surface area contributed by atoms with Gasteiger partial charge in [0.15, 0.2) is 0 Å². The van der Waals surface area contributed by atoms with Gasteiger partial charge in [-0.05, 0) is 57.8 Å². The number of aliphatic hydroxyl groups excluding tert-OH is 2. The Morgan fingerprint density at radius 3 is 1.52 bits per heavy atom. The van der Waals surface area contributed by atoms with E-state index in [4.69, 9.17) is 4.74 Å². The van der Waals surface area contributed by atoms with Gasteiger partial charge in [0, 0.05) is 6.42 Å². The Labute approximate surface area is 334 Å². The Bertz CT molecular complexity index is 900. The first-order valence-corrected chi connectivity index (χ1v) is 23.2. The first-order valence-electron chi connectivity index (χ1n) is 23.2. The molecular weight excluding hydrogens is 671 g/mol. The van der Waals surface area contributed by atoms with Gasteiger partial charge in [0.25, 0.3) is 0 Å². The lowest BCUT2D eigenvalue weighted by Gasteiger charge is -2.24. The molecule has 0 heterocycles. The fraction of sp³-hybridized carbons (Fsp3) is 0.833. The third-order valence-corrected chi connectivity index (χ3v) is 10.5. The molecule has 3 unspecified atom stereocenters. The van der Waals surface area contributed by atoms with Crippen LogP contribution in [0.2, 0.25) is 0 Å². The summed E-state index contributed by atoms with van der Waals surface area (Å²) in [6, 6.07) is -0.698. The summed E-state index contributed by atoms with van der Waals surface area (Å²) in [5.41, 5.74) is 0. The molecular formula is C48H89NO5. The zero-order valence-electron chi connectivity index (χ0n) is 35.9. The van der Waals surface area contributed by atoms with E-state index < -0.39 is 18.2 Å². The lowest BCUT2D eigenvalue weighted by atomic mass is 10.0. The predicted molar refractivity (Wildman–Crippen MR) is 232 cm³/mol. The number of carbonyl (C=O) groups is 2. The largest absolute Gasteiger partial charge is 0.462 e. The maximum atomic E-state index is 13.1. The van der Waals surface area contributed by atoms with Crippen LogP contribution in [-0.2, 0) is 14.3 Å². The van der Waals surface area contributed by atoms with E-state index in [1.165, 1.54) is 109 Å². The highest BCUT2D eigenvalue weighted by molar-refractivity contribution is 5.77. The van der Waals surface area contributed by atoms with Gasteiger partial charge in [-0.2, -0.15) is 0 Å². The van der Waals surface area contributed by atoms with Crippen LogP contribution in [0.1, 0.15) is 233 Å². The molecule has 0 saturated heterocycles. The van der Waals surface area contributed by atoms with Gasteiger partial charge >= 0.3 is 5.97 Å². The normalized spacial score (nSPS) is 13.6. The summed E-state index contributed by atoms with van der Waals surface area (Å²) in [6.45, 7) is 6.34. The molecule has 0 aromatic carbocycles. The minimum absolute atomic E-state index is 0.0747. The summed E-state index contributed by atoms with van der Waals surface area (Å²) in [5, 5.41) is 23.6. The number of nitrogens with one attached hydrogen (secondary N) is 1. The molecule has 0 aromatic heterocycles. The molecule has 0 spiro atoms. The van der Waals surface area contributed by atoms with Crippen LogP contribution in [0.5, 0.6) is 0 Å². The maximum Gasteiger partial charge on any atom is 0.306 e. The Morgan fingerprint density at radius 2 is 1.00 bits per heavy atom. The average molecular weight is 760 g/mol. The van der Waals surface area contributed by atoms with Crippen LogP contribution in [-0.4, -0.2) is 46.9 Å².